The fraction of sp³-hybridized carbons (Fsp3) is 0.0588. The van der Waals surface area contributed by atoms with E-state index in [1.165, 1.54) is 12.1 Å². The van der Waals surface area contributed by atoms with E-state index in [2.05, 4.69) is 11.1 Å². The number of nitriles is 1. The summed E-state index contributed by atoms with van der Waals surface area (Å²) in [7, 11) is 0. The van der Waals surface area contributed by atoms with E-state index in [1.54, 1.807) is 6.07 Å². The third-order valence-corrected chi connectivity index (χ3v) is 3.41. The Bertz CT molecular complexity index is 866. The summed E-state index contributed by atoms with van der Waals surface area (Å²) < 4.78 is 13.6. The molecule has 0 aliphatic rings. The molecule has 0 aliphatic carbocycles. The minimum Gasteiger partial charge on any atom is -0.326 e. The number of hydrogen-bond donors (Lipinski definition) is 1. The minimum atomic E-state index is -0.362. The summed E-state index contributed by atoms with van der Waals surface area (Å²) in [6.45, 7) is 0.271. The van der Waals surface area contributed by atoms with Crippen molar-refractivity contribution in [1.29, 1.82) is 5.26 Å². The van der Waals surface area contributed by atoms with Gasteiger partial charge in [-0.05, 0) is 35.4 Å². The quantitative estimate of drug-likeness (QED) is 0.781. The molecule has 0 saturated heterocycles. The smallest absolute Gasteiger partial charge is 0.149 e. The Balaban J connectivity index is 2.34. The van der Waals surface area contributed by atoms with Gasteiger partial charge >= 0.3 is 0 Å². The van der Waals surface area contributed by atoms with Crippen LogP contribution in [0.15, 0.2) is 48.5 Å². The molecular weight excluding hydrogens is 265 g/mol. The highest BCUT2D eigenvalue weighted by molar-refractivity contribution is 5.86. The Kier molecular flexibility index (Phi) is 3.35. The number of aromatic nitrogens is 1. The highest BCUT2D eigenvalue weighted by Crippen LogP contribution is 2.29. The summed E-state index contributed by atoms with van der Waals surface area (Å²) >= 11 is 0. The normalized spacial score (nSPS) is 10.5. The number of nitrogens with two attached hydrogens (primary N) is 1. The molecule has 0 amide bonds. The average molecular weight is 277 g/mol. The van der Waals surface area contributed by atoms with Crippen molar-refractivity contribution in [3.63, 3.8) is 0 Å². The molecule has 1 heterocycles. The van der Waals surface area contributed by atoms with E-state index in [0.29, 0.717) is 11.1 Å². The third kappa shape index (κ3) is 2.35. The highest BCUT2D eigenvalue weighted by Gasteiger charge is 2.13. The first-order valence-corrected chi connectivity index (χ1v) is 6.51. The predicted octanol–water partition coefficient (Wildman–Crippen LogP) is 3.37. The van der Waals surface area contributed by atoms with Crippen molar-refractivity contribution in [3.8, 4) is 17.2 Å². The summed E-state index contributed by atoms with van der Waals surface area (Å²) in [5.74, 6) is -0.362. The van der Waals surface area contributed by atoms with Gasteiger partial charge in [-0.3, -0.25) is 0 Å². The van der Waals surface area contributed by atoms with E-state index in [0.717, 1.165) is 16.5 Å². The van der Waals surface area contributed by atoms with Gasteiger partial charge in [0.25, 0.3) is 0 Å². The summed E-state index contributed by atoms with van der Waals surface area (Å²) in [5, 5.41) is 10.2. The summed E-state index contributed by atoms with van der Waals surface area (Å²) in [4.78, 5) is 4.35. The molecule has 0 fully saturated rings. The second kappa shape index (κ2) is 5.31. The maximum Gasteiger partial charge on any atom is 0.149 e. The van der Waals surface area contributed by atoms with Gasteiger partial charge in [0.15, 0.2) is 0 Å². The lowest BCUT2D eigenvalue weighted by Crippen LogP contribution is -2.01. The van der Waals surface area contributed by atoms with Gasteiger partial charge in [-0.15, -0.1) is 0 Å². The monoisotopic (exact) mass is 277 g/mol. The van der Waals surface area contributed by atoms with Crippen molar-refractivity contribution < 1.29 is 4.39 Å². The van der Waals surface area contributed by atoms with Crippen LogP contribution in [-0.4, -0.2) is 4.98 Å². The number of nitrogens with zero attached hydrogens (tertiary/aromatic N) is 2. The van der Waals surface area contributed by atoms with Crippen LogP contribution in [0.5, 0.6) is 0 Å². The molecule has 0 aliphatic heterocycles. The number of para-hydroxylation sites is 1. The van der Waals surface area contributed by atoms with Gasteiger partial charge in [-0.25, -0.2) is 9.37 Å². The van der Waals surface area contributed by atoms with Gasteiger partial charge in [0.2, 0.25) is 0 Å². The molecule has 2 aromatic carbocycles. The Labute approximate surface area is 121 Å². The van der Waals surface area contributed by atoms with Gasteiger partial charge in [0.1, 0.15) is 17.6 Å². The topological polar surface area (TPSA) is 62.7 Å². The summed E-state index contributed by atoms with van der Waals surface area (Å²) in [5.41, 5.74) is 8.74. The first kappa shape index (κ1) is 13.2. The predicted molar refractivity (Wildman–Crippen MR) is 79.7 cm³/mol. The first-order chi connectivity index (χ1) is 10.2. The molecule has 0 unspecified atom stereocenters. The molecule has 3 aromatic rings. The number of fused-ring (bicyclic) bond motifs is 1. The first-order valence-electron chi connectivity index (χ1n) is 6.51. The third-order valence-electron chi connectivity index (χ3n) is 3.41. The van der Waals surface area contributed by atoms with Crippen LogP contribution in [0.4, 0.5) is 4.39 Å². The van der Waals surface area contributed by atoms with Crippen LogP contribution < -0.4 is 5.73 Å². The molecule has 0 atom stereocenters. The van der Waals surface area contributed by atoms with E-state index in [4.69, 9.17) is 5.73 Å². The van der Waals surface area contributed by atoms with Crippen molar-refractivity contribution in [2.75, 3.05) is 0 Å². The van der Waals surface area contributed by atoms with E-state index >= 15 is 0 Å². The minimum absolute atomic E-state index is 0.271. The fourth-order valence-corrected chi connectivity index (χ4v) is 2.38. The van der Waals surface area contributed by atoms with E-state index < -0.39 is 0 Å². The molecule has 0 spiro atoms. The zero-order valence-electron chi connectivity index (χ0n) is 11.2. The van der Waals surface area contributed by atoms with Gasteiger partial charge < -0.3 is 5.73 Å². The largest absolute Gasteiger partial charge is 0.326 e. The van der Waals surface area contributed by atoms with Gasteiger partial charge in [-0.2, -0.15) is 5.26 Å². The van der Waals surface area contributed by atoms with Crippen LogP contribution in [0.1, 0.15) is 11.3 Å². The van der Waals surface area contributed by atoms with E-state index in [-0.39, 0.29) is 18.1 Å². The Morgan fingerprint density at radius 1 is 1.10 bits per heavy atom. The molecule has 21 heavy (non-hydrogen) atoms. The zero-order chi connectivity index (χ0) is 14.8. The van der Waals surface area contributed by atoms with Gasteiger partial charge in [0.05, 0.1) is 5.52 Å². The van der Waals surface area contributed by atoms with E-state index in [1.807, 2.05) is 30.3 Å². The van der Waals surface area contributed by atoms with Crippen LogP contribution in [0.3, 0.4) is 0 Å². The Hall–Kier alpha value is -2.77. The Morgan fingerprint density at radius 2 is 1.90 bits per heavy atom. The summed E-state index contributed by atoms with van der Waals surface area (Å²) in [6.07, 6.45) is 0. The highest BCUT2D eigenvalue weighted by atomic mass is 19.1. The van der Waals surface area contributed by atoms with Crippen LogP contribution in [0.25, 0.3) is 22.0 Å². The van der Waals surface area contributed by atoms with Crippen molar-refractivity contribution in [1.82, 2.24) is 4.98 Å². The molecular formula is C17H12FN3. The SMILES string of the molecule is N#Cc1nc2ccccc2cc1-c1cc(F)ccc1CN. The molecule has 1 aromatic heterocycles. The van der Waals surface area contributed by atoms with Gasteiger partial charge in [0, 0.05) is 17.5 Å². The molecule has 3 nitrogen and oxygen atoms in total. The lowest BCUT2D eigenvalue weighted by Gasteiger charge is -2.10. The van der Waals surface area contributed by atoms with Crippen molar-refractivity contribution in [3.05, 3.63) is 65.6 Å². The van der Waals surface area contributed by atoms with E-state index in [9.17, 15) is 9.65 Å². The van der Waals surface area contributed by atoms with Crippen LogP contribution in [-0.2, 0) is 6.54 Å². The number of benzene rings is 2. The maximum absolute atomic E-state index is 13.6. The standard InChI is InChI=1S/C17H12FN3/c18-13-6-5-12(9-19)14(8-13)15-7-11-3-1-2-4-16(11)21-17(15)10-20/h1-8H,9,19H2. The molecule has 0 saturated carbocycles. The molecule has 2 N–H and O–H groups in total. The molecule has 0 bridgehead atoms. The average Bonchev–Trinajstić information content (AvgIpc) is 2.53. The lowest BCUT2D eigenvalue weighted by atomic mass is 9.97. The Morgan fingerprint density at radius 3 is 2.67 bits per heavy atom. The summed E-state index contributed by atoms with van der Waals surface area (Å²) in [6, 6.07) is 15.9. The van der Waals surface area contributed by atoms with Crippen LogP contribution >= 0.6 is 0 Å². The lowest BCUT2D eigenvalue weighted by molar-refractivity contribution is 0.627. The van der Waals surface area contributed by atoms with Crippen molar-refractivity contribution >= 4 is 10.9 Å². The molecule has 4 heteroatoms. The van der Waals surface area contributed by atoms with Crippen molar-refractivity contribution in [2.45, 2.75) is 6.54 Å². The number of rotatable bonds is 2. The second-order valence-corrected chi connectivity index (χ2v) is 4.69. The molecule has 102 valence electrons. The molecule has 0 radical (unpaired) electrons. The second-order valence-electron chi connectivity index (χ2n) is 4.69. The number of pyridine rings is 1. The number of halogens is 1. The zero-order valence-corrected chi connectivity index (χ0v) is 11.2. The van der Waals surface area contributed by atoms with Crippen LogP contribution in [0, 0.1) is 17.1 Å². The number of hydrogen-bond acceptors (Lipinski definition) is 3. The molecule has 3 rings (SSSR count). The van der Waals surface area contributed by atoms with Crippen LogP contribution in [0.2, 0.25) is 0 Å². The van der Waals surface area contributed by atoms with Gasteiger partial charge in [-0.1, -0.05) is 24.3 Å². The fourth-order valence-electron chi connectivity index (χ4n) is 2.38. The van der Waals surface area contributed by atoms with Crippen molar-refractivity contribution in [2.24, 2.45) is 5.73 Å². The maximum atomic E-state index is 13.6.